The summed E-state index contributed by atoms with van der Waals surface area (Å²) in [5.41, 5.74) is 1.51. The average Bonchev–Trinajstić information content (AvgIpc) is 3.42. The van der Waals surface area contributed by atoms with Gasteiger partial charge in [0.2, 0.25) is 0 Å². The number of aliphatic imine (C=N–C) groups is 1. The minimum atomic E-state index is -0.871. The third-order valence-corrected chi connectivity index (χ3v) is 8.19. The Labute approximate surface area is 239 Å². The van der Waals surface area contributed by atoms with E-state index < -0.39 is 23.8 Å². The fourth-order valence-corrected chi connectivity index (χ4v) is 6.17. The Morgan fingerprint density at radius 3 is 2.82 bits per heavy atom. The lowest BCUT2D eigenvalue weighted by Crippen LogP contribution is -2.55. The summed E-state index contributed by atoms with van der Waals surface area (Å²) in [6, 6.07) is 3.32. The zero-order chi connectivity index (χ0) is 28.1. The van der Waals surface area contributed by atoms with E-state index in [0.717, 1.165) is 0 Å². The van der Waals surface area contributed by atoms with Crippen molar-refractivity contribution in [3.8, 4) is 0 Å². The molecule has 2 aromatic rings. The van der Waals surface area contributed by atoms with Gasteiger partial charge in [-0.3, -0.25) is 14.7 Å². The molecule has 2 aliphatic heterocycles. The predicted octanol–water partition coefficient (Wildman–Crippen LogP) is 4.54. The van der Waals surface area contributed by atoms with Crippen molar-refractivity contribution >= 4 is 45.0 Å². The maximum Gasteiger partial charge on any atom is 0.338 e. The van der Waals surface area contributed by atoms with Crippen LogP contribution in [0.15, 0.2) is 50.5 Å². The van der Waals surface area contributed by atoms with E-state index in [1.807, 2.05) is 5.38 Å². The molecule has 12 heteroatoms. The van der Waals surface area contributed by atoms with E-state index >= 15 is 0 Å². The quantitative estimate of drug-likeness (QED) is 0.371. The van der Waals surface area contributed by atoms with Gasteiger partial charge >= 0.3 is 11.9 Å². The second kappa shape index (κ2) is 13.1. The van der Waals surface area contributed by atoms with Crippen LogP contribution < -0.4 is 5.32 Å². The highest BCUT2D eigenvalue weighted by atomic mass is 79.9. The van der Waals surface area contributed by atoms with Gasteiger partial charge in [0.15, 0.2) is 10.8 Å². The summed E-state index contributed by atoms with van der Waals surface area (Å²) < 4.78 is 26.0. The number of aromatic nitrogens is 1. The summed E-state index contributed by atoms with van der Waals surface area (Å²) in [6.45, 7) is 7.37. The number of morpholine rings is 1. The molecule has 0 bridgehead atoms. The number of carboxylic acid groups (broad SMARTS) is 1. The molecule has 0 radical (unpaired) electrons. The van der Waals surface area contributed by atoms with Crippen LogP contribution in [-0.4, -0.2) is 71.2 Å². The number of hydrogen-bond donors (Lipinski definition) is 2. The normalized spacial score (nSPS) is 22.0. The molecule has 0 amide bonds. The SMILES string of the molecule is CCOC(=O)C1=C(CN2CCO[C@H](C(C)C)[C@H]2CCC(=O)O)NC(c2nccs2)=N[C@H]1c1ccc(F)cc1Br. The smallest absolute Gasteiger partial charge is 0.338 e. The standard InChI is InChI=1S/C27H32BrFN4O5S/c1-4-37-27(36)22-19(14-33-10-11-38-24(15(2)3)20(33)7-8-21(34)35)31-25(26-30-9-12-39-26)32-23(22)17-6-5-16(29)13-18(17)28/h5-6,9,12-13,15,20,23-24H,4,7-8,10-11,14H2,1-3H3,(H,31,32)(H,34,35)/t20-,23+,24-/m1/s1. The van der Waals surface area contributed by atoms with Crippen LogP contribution in [0, 0.1) is 11.7 Å². The van der Waals surface area contributed by atoms with Crippen LogP contribution in [0.25, 0.3) is 0 Å². The van der Waals surface area contributed by atoms with E-state index in [-0.39, 0.29) is 31.1 Å². The maximum atomic E-state index is 14.0. The number of aliphatic carboxylic acids is 1. The highest BCUT2D eigenvalue weighted by Crippen LogP contribution is 2.37. The monoisotopic (exact) mass is 622 g/mol. The molecule has 0 aliphatic carbocycles. The number of esters is 1. The molecular formula is C27H32BrFN4O5S. The van der Waals surface area contributed by atoms with Crippen molar-refractivity contribution in [2.75, 3.05) is 26.3 Å². The van der Waals surface area contributed by atoms with Crippen LogP contribution in [0.3, 0.4) is 0 Å². The Balaban J connectivity index is 1.81. The summed E-state index contributed by atoms with van der Waals surface area (Å²) in [6.07, 6.45) is 1.92. The van der Waals surface area contributed by atoms with Crippen molar-refractivity contribution in [2.24, 2.45) is 10.9 Å². The van der Waals surface area contributed by atoms with E-state index in [4.69, 9.17) is 14.5 Å². The van der Waals surface area contributed by atoms with Crippen LogP contribution in [0.4, 0.5) is 4.39 Å². The molecule has 1 fully saturated rings. The highest BCUT2D eigenvalue weighted by Gasteiger charge is 2.38. The largest absolute Gasteiger partial charge is 0.481 e. The van der Waals surface area contributed by atoms with Gasteiger partial charge in [-0.25, -0.2) is 14.2 Å². The molecule has 1 saturated heterocycles. The van der Waals surface area contributed by atoms with Gasteiger partial charge in [-0.1, -0.05) is 35.8 Å². The van der Waals surface area contributed by atoms with Crippen molar-refractivity contribution in [3.05, 3.63) is 61.9 Å². The lowest BCUT2D eigenvalue weighted by Gasteiger charge is -2.44. The second-order valence-electron chi connectivity index (χ2n) is 9.67. The Hall–Kier alpha value is -2.67. The molecule has 4 rings (SSSR count). The van der Waals surface area contributed by atoms with Crippen LogP contribution in [0.5, 0.6) is 0 Å². The van der Waals surface area contributed by atoms with Crippen molar-refractivity contribution < 1.29 is 28.6 Å². The minimum Gasteiger partial charge on any atom is -0.481 e. The molecule has 9 nitrogen and oxygen atoms in total. The number of carboxylic acids is 1. The van der Waals surface area contributed by atoms with Gasteiger partial charge in [-0.2, -0.15) is 0 Å². The van der Waals surface area contributed by atoms with Crippen LogP contribution >= 0.6 is 27.3 Å². The van der Waals surface area contributed by atoms with E-state index in [0.29, 0.717) is 58.3 Å². The minimum absolute atomic E-state index is 0.00192. The summed E-state index contributed by atoms with van der Waals surface area (Å²) in [5, 5.41) is 15.2. The molecule has 1 aromatic heterocycles. The molecule has 2 N–H and O–H groups in total. The van der Waals surface area contributed by atoms with Gasteiger partial charge in [-0.15, -0.1) is 11.3 Å². The maximum absolute atomic E-state index is 14.0. The third kappa shape index (κ3) is 6.92. The number of ether oxygens (including phenoxy) is 2. The Kier molecular flexibility index (Phi) is 9.86. The van der Waals surface area contributed by atoms with E-state index in [1.54, 1.807) is 19.2 Å². The first-order valence-electron chi connectivity index (χ1n) is 12.9. The molecule has 0 unspecified atom stereocenters. The molecule has 3 atom stereocenters. The first kappa shape index (κ1) is 29.3. The second-order valence-corrected chi connectivity index (χ2v) is 11.4. The number of benzene rings is 1. The number of hydrogen-bond acceptors (Lipinski definition) is 9. The number of rotatable bonds is 10. The molecule has 0 saturated carbocycles. The van der Waals surface area contributed by atoms with Crippen molar-refractivity contribution in [1.82, 2.24) is 15.2 Å². The Bertz CT molecular complexity index is 1250. The molecule has 210 valence electrons. The number of amidine groups is 1. The summed E-state index contributed by atoms with van der Waals surface area (Å²) in [7, 11) is 0. The first-order valence-corrected chi connectivity index (χ1v) is 14.5. The third-order valence-electron chi connectivity index (χ3n) is 6.72. The van der Waals surface area contributed by atoms with Crippen LogP contribution in [0.1, 0.15) is 50.2 Å². The van der Waals surface area contributed by atoms with Gasteiger partial charge in [0, 0.05) is 47.3 Å². The number of carbonyl (C=O) groups is 2. The average molecular weight is 624 g/mol. The number of nitrogens with one attached hydrogen (secondary N) is 1. The molecule has 1 aromatic carbocycles. The van der Waals surface area contributed by atoms with E-state index in [2.05, 4.69) is 45.0 Å². The van der Waals surface area contributed by atoms with Crippen molar-refractivity contribution in [2.45, 2.75) is 51.8 Å². The molecular weight excluding hydrogens is 591 g/mol. The van der Waals surface area contributed by atoms with Gasteiger partial charge in [-0.05, 0) is 37.0 Å². The molecule has 3 heterocycles. The van der Waals surface area contributed by atoms with Crippen molar-refractivity contribution in [3.63, 3.8) is 0 Å². The van der Waals surface area contributed by atoms with E-state index in [9.17, 15) is 19.1 Å². The number of carbonyl (C=O) groups excluding carboxylic acids is 1. The highest BCUT2D eigenvalue weighted by molar-refractivity contribution is 9.10. The molecule has 39 heavy (non-hydrogen) atoms. The zero-order valence-electron chi connectivity index (χ0n) is 22.0. The van der Waals surface area contributed by atoms with Crippen LogP contribution in [-0.2, 0) is 19.1 Å². The van der Waals surface area contributed by atoms with Gasteiger partial charge in [0.1, 0.15) is 11.9 Å². The predicted molar refractivity (Wildman–Crippen MR) is 149 cm³/mol. The number of halogens is 2. The fraction of sp³-hybridized carbons (Fsp3) is 0.481. The lowest BCUT2D eigenvalue weighted by molar-refractivity contribution is -0.139. The zero-order valence-corrected chi connectivity index (χ0v) is 24.4. The van der Waals surface area contributed by atoms with Crippen LogP contribution in [0.2, 0.25) is 0 Å². The Morgan fingerprint density at radius 1 is 1.38 bits per heavy atom. The Morgan fingerprint density at radius 2 is 2.18 bits per heavy atom. The summed E-state index contributed by atoms with van der Waals surface area (Å²) >= 11 is 4.86. The van der Waals surface area contributed by atoms with Crippen molar-refractivity contribution in [1.29, 1.82) is 0 Å². The van der Waals surface area contributed by atoms with Gasteiger partial charge < -0.3 is 19.9 Å². The lowest BCUT2D eigenvalue weighted by atomic mass is 9.91. The molecule has 2 aliphatic rings. The van der Waals surface area contributed by atoms with E-state index in [1.165, 1.54) is 23.5 Å². The molecule has 0 spiro atoms. The van der Waals surface area contributed by atoms with Gasteiger partial charge in [0.05, 0.1) is 24.9 Å². The number of nitrogens with zero attached hydrogens (tertiary/aromatic N) is 3. The first-order chi connectivity index (χ1) is 18.7. The fourth-order valence-electron chi connectivity index (χ4n) is 5.01. The topological polar surface area (TPSA) is 113 Å². The summed E-state index contributed by atoms with van der Waals surface area (Å²) in [5.74, 6) is -1.16. The summed E-state index contributed by atoms with van der Waals surface area (Å²) in [4.78, 5) is 36.4. The van der Waals surface area contributed by atoms with Gasteiger partial charge in [0.25, 0.3) is 0 Å². The number of thiazole rings is 1.